The van der Waals surface area contributed by atoms with Crippen LogP contribution in [0.4, 0.5) is 4.79 Å². The molecule has 2 N–H and O–H groups in total. The van der Waals surface area contributed by atoms with E-state index in [-0.39, 0.29) is 5.41 Å². The highest BCUT2D eigenvalue weighted by molar-refractivity contribution is 5.66. The minimum absolute atomic E-state index is 0.124. The van der Waals surface area contributed by atoms with Crippen molar-refractivity contribution < 1.29 is 15.0 Å². The lowest BCUT2D eigenvalue weighted by Gasteiger charge is -2.54. The second kappa shape index (κ2) is 4.23. The summed E-state index contributed by atoms with van der Waals surface area (Å²) in [6.45, 7) is 1.26. The fourth-order valence-corrected chi connectivity index (χ4v) is 3.45. The van der Waals surface area contributed by atoms with Crippen LogP contribution in [0.2, 0.25) is 0 Å². The zero-order valence-electron chi connectivity index (χ0n) is 10.9. The van der Waals surface area contributed by atoms with E-state index in [0.717, 1.165) is 31.2 Å². The number of rotatable bonds is 1. The predicted molar refractivity (Wildman–Crippen MR) is 70.8 cm³/mol. The first-order valence-electron chi connectivity index (χ1n) is 6.79. The summed E-state index contributed by atoms with van der Waals surface area (Å²) in [6, 6.07) is 9.80. The molecular formula is C15H19NO3. The summed E-state index contributed by atoms with van der Waals surface area (Å²) in [5, 5.41) is 19.6. The number of carboxylic acid groups (broad SMARTS) is 1. The molecule has 19 heavy (non-hydrogen) atoms. The molecule has 1 aromatic rings. The van der Waals surface area contributed by atoms with Crippen LogP contribution in [0.15, 0.2) is 30.3 Å². The van der Waals surface area contributed by atoms with Crippen molar-refractivity contribution >= 4 is 6.09 Å². The summed E-state index contributed by atoms with van der Waals surface area (Å²) in [5.74, 6) is 0. The second-order valence-corrected chi connectivity index (χ2v) is 6.04. The summed E-state index contributed by atoms with van der Waals surface area (Å²) in [6.07, 6.45) is 2.44. The zero-order valence-corrected chi connectivity index (χ0v) is 10.9. The first kappa shape index (κ1) is 12.5. The first-order valence-corrected chi connectivity index (χ1v) is 6.79. The van der Waals surface area contributed by atoms with Crippen molar-refractivity contribution in [1.82, 2.24) is 4.90 Å². The van der Waals surface area contributed by atoms with Crippen LogP contribution >= 0.6 is 0 Å². The highest BCUT2D eigenvalue weighted by Crippen LogP contribution is 2.49. The van der Waals surface area contributed by atoms with Crippen molar-refractivity contribution in [3.8, 4) is 0 Å². The Balaban J connectivity index is 1.66. The Morgan fingerprint density at radius 3 is 2.16 bits per heavy atom. The maximum absolute atomic E-state index is 10.8. The standard InChI is InChI=1S/C15H19NO3/c17-13(18)16-10-14(11-16)6-8-15(19,9-7-14)12-4-2-1-3-5-12/h1-5,19H,6-11H2,(H,17,18). The van der Waals surface area contributed by atoms with E-state index < -0.39 is 11.7 Å². The van der Waals surface area contributed by atoms with Crippen LogP contribution in [0, 0.1) is 5.41 Å². The van der Waals surface area contributed by atoms with Gasteiger partial charge in [-0.05, 0) is 31.2 Å². The third-order valence-corrected chi connectivity index (χ3v) is 4.77. The Morgan fingerprint density at radius 1 is 1.05 bits per heavy atom. The molecule has 4 nitrogen and oxygen atoms in total. The van der Waals surface area contributed by atoms with Crippen LogP contribution in [0.1, 0.15) is 31.2 Å². The number of nitrogens with zero attached hydrogens (tertiary/aromatic N) is 1. The molecule has 0 aromatic heterocycles. The number of benzene rings is 1. The fourth-order valence-electron chi connectivity index (χ4n) is 3.45. The summed E-state index contributed by atoms with van der Waals surface area (Å²) in [7, 11) is 0. The summed E-state index contributed by atoms with van der Waals surface area (Å²) < 4.78 is 0. The highest BCUT2D eigenvalue weighted by Gasteiger charge is 2.50. The average molecular weight is 261 g/mol. The minimum Gasteiger partial charge on any atom is -0.465 e. The third-order valence-electron chi connectivity index (χ3n) is 4.77. The lowest BCUT2D eigenvalue weighted by atomic mass is 9.63. The minimum atomic E-state index is -0.825. The summed E-state index contributed by atoms with van der Waals surface area (Å²) >= 11 is 0. The van der Waals surface area contributed by atoms with Crippen LogP contribution < -0.4 is 0 Å². The molecule has 3 rings (SSSR count). The molecular weight excluding hydrogens is 242 g/mol. The lowest BCUT2D eigenvalue weighted by Crippen LogP contribution is -2.60. The topological polar surface area (TPSA) is 60.8 Å². The van der Waals surface area contributed by atoms with E-state index in [2.05, 4.69) is 0 Å². The van der Waals surface area contributed by atoms with E-state index in [1.165, 1.54) is 4.90 Å². The van der Waals surface area contributed by atoms with Gasteiger partial charge in [-0.25, -0.2) is 4.79 Å². The Kier molecular flexibility index (Phi) is 2.78. The SMILES string of the molecule is O=C(O)N1CC2(CCC(O)(c3ccccc3)CC2)C1. The van der Waals surface area contributed by atoms with Gasteiger partial charge in [0.15, 0.2) is 0 Å². The molecule has 0 unspecified atom stereocenters. The van der Waals surface area contributed by atoms with Gasteiger partial charge in [0.2, 0.25) is 0 Å². The van der Waals surface area contributed by atoms with E-state index in [9.17, 15) is 9.90 Å². The van der Waals surface area contributed by atoms with Crippen molar-refractivity contribution in [2.45, 2.75) is 31.3 Å². The smallest absolute Gasteiger partial charge is 0.407 e. The molecule has 1 aliphatic carbocycles. The number of likely N-dealkylation sites (tertiary alicyclic amines) is 1. The average Bonchev–Trinajstić information content (AvgIpc) is 2.38. The number of hydrogen-bond acceptors (Lipinski definition) is 2. The van der Waals surface area contributed by atoms with Crippen LogP contribution in [-0.2, 0) is 5.60 Å². The quantitative estimate of drug-likeness (QED) is 0.816. The number of amides is 1. The van der Waals surface area contributed by atoms with Crippen molar-refractivity contribution in [2.24, 2.45) is 5.41 Å². The van der Waals surface area contributed by atoms with Crippen LogP contribution in [0.5, 0.6) is 0 Å². The molecule has 1 aliphatic heterocycles. The van der Waals surface area contributed by atoms with Crippen LogP contribution in [0.25, 0.3) is 0 Å². The molecule has 0 radical (unpaired) electrons. The van der Waals surface area contributed by atoms with Gasteiger partial charge in [-0.1, -0.05) is 30.3 Å². The van der Waals surface area contributed by atoms with Gasteiger partial charge in [0.05, 0.1) is 5.60 Å². The Morgan fingerprint density at radius 2 is 1.63 bits per heavy atom. The monoisotopic (exact) mass is 261 g/mol. The predicted octanol–water partition coefficient (Wildman–Crippen LogP) is 2.43. The largest absolute Gasteiger partial charge is 0.465 e. The molecule has 1 amide bonds. The molecule has 1 saturated carbocycles. The molecule has 2 fully saturated rings. The maximum Gasteiger partial charge on any atom is 0.407 e. The zero-order chi connectivity index (χ0) is 13.5. The molecule has 1 aromatic carbocycles. The summed E-state index contributed by atoms with van der Waals surface area (Å²) in [4.78, 5) is 12.3. The Bertz CT molecular complexity index is 469. The molecule has 0 atom stereocenters. The fraction of sp³-hybridized carbons (Fsp3) is 0.533. The van der Waals surface area contributed by atoms with Crippen molar-refractivity contribution in [3.63, 3.8) is 0 Å². The number of hydrogen-bond donors (Lipinski definition) is 2. The van der Waals surface area contributed by atoms with E-state index in [1.807, 2.05) is 30.3 Å². The van der Waals surface area contributed by atoms with Crippen LogP contribution in [-0.4, -0.2) is 34.3 Å². The van der Waals surface area contributed by atoms with Gasteiger partial charge in [-0.15, -0.1) is 0 Å². The van der Waals surface area contributed by atoms with Gasteiger partial charge in [0, 0.05) is 18.5 Å². The number of aliphatic hydroxyl groups is 1. The van der Waals surface area contributed by atoms with E-state index in [4.69, 9.17) is 5.11 Å². The second-order valence-electron chi connectivity index (χ2n) is 6.04. The van der Waals surface area contributed by atoms with Gasteiger partial charge in [0.25, 0.3) is 0 Å². The van der Waals surface area contributed by atoms with Crippen LogP contribution in [0.3, 0.4) is 0 Å². The van der Waals surface area contributed by atoms with E-state index >= 15 is 0 Å². The molecule has 102 valence electrons. The molecule has 0 bridgehead atoms. The Labute approximate surface area is 112 Å². The first-order chi connectivity index (χ1) is 9.03. The van der Waals surface area contributed by atoms with Crippen molar-refractivity contribution in [2.75, 3.05) is 13.1 Å². The molecule has 1 saturated heterocycles. The lowest BCUT2D eigenvalue weighted by molar-refractivity contribution is -0.0872. The van der Waals surface area contributed by atoms with Crippen molar-refractivity contribution in [1.29, 1.82) is 0 Å². The van der Waals surface area contributed by atoms with Gasteiger partial charge in [0.1, 0.15) is 0 Å². The Hall–Kier alpha value is -1.55. The van der Waals surface area contributed by atoms with Gasteiger partial charge >= 0.3 is 6.09 Å². The maximum atomic E-state index is 10.8. The molecule has 1 spiro atoms. The van der Waals surface area contributed by atoms with E-state index in [1.54, 1.807) is 0 Å². The number of carbonyl (C=O) groups is 1. The van der Waals surface area contributed by atoms with Gasteiger partial charge in [-0.2, -0.15) is 0 Å². The molecule has 1 heterocycles. The molecule has 4 heteroatoms. The summed E-state index contributed by atoms with van der Waals surface area (Å²) in [5.41, 5.74) is 0.384. The van der Waals surface area contributed by atoms with Crippen molar-refractivity contribution in [3.05, 3.63) is 35.9 Å². The third kappa shape index (κ3) is 2.10. The van der Waals surface area contributed by atoms with Gasteiger partial charge in [-0.3, -0.25) is 0 Å². The molecule has 2 aliphatic rings. The highest BCUT2D eigenvalue weighted by atomic mass is 16.4. The van der Waals surface area contributed by atoms with Gasteiger partial charge < -0.3 is 15.1 Å². The normalized spacial score (nSPS) is 23.9. The van der Waals surface area contributed by atoms with E-state index in [0.29, 0.717) is 13.1 Å².